The lowest BCUT2D eigenvalue weighted by molar-refractivity contribution is 0.382. The molecule has 136 valence electrons. The summed E-state index contributed by atoms with van der Waals surface area (Å²) in [6.45, 7) is 10.4. The van der Waals surface area contributed by atoms with Crippen molar-refractivity contribution < 1.29 is 0 Å². The molecule has 0 spiro atoms. The topological polar surface area (TPSA) is 19.1 Å². The molecule has 0 fully saturated rings. The lowest BCUT2D eigenvalue weighted by atomic mass is 9.80. The molecule has 0 N–H and O–H groups in total. The smallest absolute Gasteiger partial charge is 0.201 e. The first-order valence-electron chi connectivity index (χ1n) is 9.46. The lowest BCUT2D eigenvalue weighted by Crippen LogP contribution is -2.48. The molecule has 3 nitrogen and oxygen atoms in total. The zero-order valence-corrected chi connectivity index (χ0v) is 17.4. The maximum atomic E-state index is 4.98. The second-order valence-electron chi connectivity index (χ2n) is 8.30. The summed E-state index contributed by atoms with van der Waals surface area (Å²) in [5.74, 6) is 0.561. The van der Waals surface area contributed by atoms with Crippen molar-refractivity contribution in [2.24, 2.45) is 0 Å². The fourth-order valence-corrected chi connectivity index (χ4v) is 5.48. The molecule has 1 aromatic carbocycles. The Balaban J connectivity index is 2.00. The molecule has 2 heterocycles. The Kier molecular flexibility index (Phi) is 4.07. The third-order valence-electron chi connectivity index (χ3n) is 5.70. The zero-order chi connectivity index (χ0) is 18.6. The van der Waals surface area contributed by atoms with Gasteiger partial charge in [0.1, 0.15) is 14.1 Å². The molecule has 2 aliphatic heterocycles. The van der Waals surface area contributed by atoms with Crippen LogP contribution >= 0.6 is 11.3 Å². The van der Waals surface area contributed by atoms with Gasteiger partial charge in [0.05, 0.1) is 20.8 Å². The summed E-state index contributed by atoms with van der Waals surface area (Å²) < 4.78 is 3.42. The van der Waals surface area contributed by atoms with Crippen molar-refractivity contribution in [3.63, 3.8) is 0 Å². The number of fused-ring (bicyclic) bond motifs is 3. The fourth-order valence-electron chi connectivity index (χ4n) is 4.47. The van der Waals surface area contributed by atoms with Crippen LogP contribution in [0.3, 0.4) is 0 Å². The standard InChI is InChI=1S/C22H28N3S/c1-7-25-19-12-21-18(11-16(19)14(2)13-22(25,3)4)23-17-9-8-15(24(5)6)10-20(17)26-21/h8-12,14H,7,13H2,1-6H3/q+1. The Morgan fingerprint density at radius 2 is 2.00 bits per heavy atom. The van der Waals surface area contributed by atoms with Crippen molar-refractivity contribution in [1.82, 2.24) is 9.56 Å². The largest absolute Gasteiger partial charge is 0.366 e. The third-order valence-corrected chi connectivity index (χ3v) is 6.80. The number of aromatic nitrogens is 1. The van der Waals surface area contributed by atoms with Gasteiger partial charge in [0.2, 0.25) is 5.36 Å². The van der Waals surface area contributed by atoms with Gasteiger partial charge in [-0.2, -0.15) is 0 Å². The summed E-state index contributed by atoms with van der Waals surface area (Å²) in [7, 11) is 4.17. The average Bonchev–Trinajstić information content (AvgIpc) is 2.57. The van der Waals surface area contributed by atoms with Crippen LogP contribution in [0.25, 0.3) is 20.8 Å². The number of nitrogens with zero attached hydrogens (tertiary/aromatic N) is 3. The zero-order valence-electron chi connectivity index (χ0n) is 16.6. The van der Waals surface area contributed by atoms with Crippen LogP contribution in [-0.4, -0.2) is 31.2 Å². The molecule has 26 heavy (non-hydrogen) atoms. The van der Waals surface area contributed by atoms with Crippen molar-refractivity contribution in [1.29, 1.82) is 0 Å². The van der Waals surface area contributed by atoms with Crippen LogP contribution in [0.4, 0.5) is 5.69 Å². The van der Waals surface area contributed by atoms with Gasteiger partial charge in [0.15, 0.2) is 0 Å². The first kappa shape index (κ1) is 17.5. The average molecular weight is 367 g/mol. The Morgan fingerprint density at radius 1 is 1.23 bits per heavy atom. The molecule has 0 saturated carbocycles. The molecule has 1 aliphatic carbocycles. The summed E-state index contributed by atoms with van der Waals surface area (Å²) in [6, 6.07) is 11.3. The highest BCUT2D eigenvalue weighted by Gasteiger charge is 2.35. The fraction of sp³-hybridized carbons (Fsp3) is 0.455. The van der Waals surface area contributed by atoms with Crippen molar-refractivity contribution in [3.05, 3.63) is 41.3 Å². The molecule has 0 saturated heterocycles. The normalized spacial score (nSPS) is 19.0. The van der Waals surface area contributed by atoms with E-state index in [4.69, 9.17) is 4.98 Å². The SMILES string of the molecule is CCN1c2cc3sc4cc(=[N+](C)C)ccc-4nc3cc2C(C)CC1(C)C. The number of rotatable bonds is 1. The van der Waals surface area contributed by atoms with E-state index in [2.05, 4.69) is 81.6 Å². The molecule has 4 rings (SSSR count). The predicted octanol–water partition coefficient (Wildman–Crippen LogP) is 4.55. The monoisotopic (exact) mass is 366 g/mol. The van der Waals surface area contributed by atoms with E-state index in [1.807, 2.05) is 11.3 Å². The van der Waals surface area contributed by atoms with Crippen LogP contribution in [0.15, 0.2) is 30.3 Å². The molecule has 1 atom stereocenters. The quantitative estimate of drug-likeness (QED) is 0.465. The first-order chi connectivity index (χ1) is 12.3. The van der Waals surface area contributed by atoms with E-state index >= 15 is 0 Å². The lowest BCUT2D eigenvalue weighted by Gasteiger charge is -2.47. The van der Waals surface area contributed by atoms with E-state index in [9.17, 15) is 0 Å². The van der Waals surface area contributed by atoms with E-state index in [-0.39, 0.29) is 5.54 Å². The molecule has 0 amide bonds. The van der Waals surface area contributed by atoms with Gasteiger partial charge in [-0.3, -0.25) is 0 Å². The van der Waals surface area contributed by atoms with Gasteiger partial charge >= 0.3 is 0 Å². The van der Waals surface area contributed by atoms with Crippen LogP contribution in [-0.2, 0) is 0 Å². The van der Waals surface area contributed by atoms with Crippen LogP contribution in [0.5, 0.6) is 0 Å². The van der Waals surface area contributed by atoms with E-state index < -0.39 is 0 Å². The highest BCUT2D eigenvalue weighted by atomic mass is 32.1. The number of hydrogen-bond acceptors (Lipinski definition) is 3. The number of hydrogen-bond donors (Lipinski definition) is 0. The number of benzene rings is 2. The second kappa shape index (κ2) is 6.05. The molecule has 1 unspecified atom stereocenters. The minimum atomic E-state index is 0.196. The van der Waals surface area contributed by atoms with Gasteiger partial charge in [0, 0.05) is 29.9 Å². The Hall–Kier alpha value is -1.94. The van der Waals surface area contributed by atoms with E-state index in [1.165, 1.54) is 32.6 Å². The number of anilines is 1. The highest BCUT2D eigenvalue weighted by Crippen LogP contribution is 2.45. The van der Waals surface area contributed by atoms with Gasteiger partial charge < -0.3 is 4.90 Å². The summed E-state index contributed by atoms with van der Waals surface area (Å²) in [6.07, 6.45) is 1.18. The van der Waals surface area contributed by atoms with Crippen molar-refractivity contribution in [2.45, 2.75) is 45.6 Å². The highest BCUT2D eigenvalue weighted by molar-refractivity contribution is 7.21. The molecule has 3 aliphatic rings. The maximum absolute atomic E-state index is 4.98. The minimum absolute atomic E-state index is 0.196. The summed E-state index contributed by atoms with van der Waals surface area (Å²) in [5, 5.41) is 1.22. The third kappa shape index (κ3) is 2.71. The molecule has 0 radical (unpaired) electrons. The summed E-state index contributed by atoms with van der Waals surface area (Å²) in [5.41, 5.74) is 5.25. The molecule has 0 bridgehead atoms. The van der Waals surface area contributed by atoms with E-state index in [0.29, 0.717) is 5.92 Å². The van der Waals surface area contributed by atoms with Crippen molar-refractivity contribution >= 4 is 27.2 Å². The van der Waals surface area contributed by atoms with Gasteiger partial charge in [0.25, 0.3) is 0 Å². The van der Waals surface area contributed by atoms with Crippen LogP contribution in [0, 0.1) is 0 Å². The van der Waals surface area contributed by atoms with Crippen molar-refractivity contribution in [2.75, 3.05) is 25.5 Å². The molecular formula is C22H28N3S+. The molecular weight excluding hydrogens is 338 g/mol. The predicted molar refractivity (Wildman–Crippen MR) is 113 cm³/mol. The van der Waals surface area contributed by atoms with Crippen LogP contribution < -0.4 is 14.8 Å². The van der Waals surface area contributed by atoms with Crippen molar-refractivity contribution in [3.8, 4) is 10.6 Å². The van der Waals surface area contributed by atoms with Crippen LogP contribution in [0.2, 0.25) is 0 Å². The van der Waals surface area contributed by atoms with Gasteiger partial charge in [-0.1, -0.05) is 6.92 Å². The van der Waals surface area contributed by atoms with Gasteiger partial charge in [-0.15, -0.1) is 11.3 Å². The Morgan fingerprint density at radius 3 is 2.69 bits per heavy atom. The maximum Gasteiger partial charge on any atom is 0.201 e. The second-order valence-corrected chi connectivity index (χ2v) is 9.38. The summed E-state index contributed by atoms with van der Waals surface area (Å²) in [4.78, 5) is 8.79. The minimum Gasteiger partial charge on any atom is -0.366 e. The van der Waals surface area contributed by atoms with Gasteiger partial charge in [-0.25, -0.2) is 9.56 Å². The van der Waals surface area contributed by atoms with Gasteiger partial charge in [-0.05, 0) is 56.9 Å². The molecule has 1 aromatic rings. The Bertz CT molecular complexity index is 1030. The summed E-state index contributed by atoms with van der Waals surface area (Å²) >= 11 is 1.85. The van der Waals surface area contributed by atoms with E-state index in [1.54, 1.807) is 0 Å². The first-order valence-corrected chi connectivity index (χ1v) is 10.3. The van der Waals surface area contributed by atoms with Crippen LogP contribution in [0.1, 0.15) is 45.6 Å². The van der Waals surface area contributed by atoms with E-state index in [0.717, 1.165) is 17.8 Å². The molecule has 0 aromatic heterocycles. The molecule has 4 heteroatoms. The Labute approximate surface area is 160 Å².